The number of aromatic nitrogens is 1. The average Bonchev–Trinajstić information content (AvgIpc) is 2.28. The monoisotopic (exact) mass is 252 g/mol. The fraction of sp³-hybridized carbons (Fsp3) is 0.333. The lowest BCUT2D eigenvalue weighted by Crippen LogP contribution is -2.41. The van der Waals surface area contributed by atoms with Crippen molar-refractivity contribution in [2.45, 2.75) is 18.7 Å². The maximum Gasteiger partial charge on any atom is 0.436 e. The summed E-state index contributed by atoms with van der Waals surface area (Å²) in [7, 11) is 0. The standard InChI is InChI=1S/C9H5F5N2O/c10-6(7(11)12)9(13,14)17-8-5(4-15)2-1-3-16-8/h1-3,6-7H. The molecule has 1 atom stereocenters. The smallest absolute Gasteiger partial charge is 0.411 e. The Hall–Kier alpha value is -1.91. The quantitative estimate of drug-likeness (QED) is 0.773. The molecule has 1 aromatic rings. The van der Waals surface area contributed by atoms with Crippen LogP contribution < -0.4 is 4.74 Å². The van der Waals surface area contributed by atoms with Gasteiger partial charge in [-0.2, -0.15) is 14.0 Å². The predicted molar refractivity (Wildman–Crippen MR) is 45.4 cm³/mol. The van der Waals surface area contributed by atoms with Gasteiger partial charge >= 0.3 is 6.11 Å². The van der Waals surface area contributed by atoms with Gasteiger partial charge in [0.25, 0.3) is 12.6 Å². The van der Waals surface area contributed by atoms with Crippen LogP contribution in [-0.2, 0) is 0 Å². The van der Waals surface area contributed by atoms with E-state index < -0.39 is 30.1 Å². The molecule has 3 nitrogen and oxygen atoms in total. The molecule has 0 spiro atoms. The maximum absolute atomic E-state index is 12.8. The number of rotatable bonds is 4. The number of alkyl halides is 5. The minimum absolute atomic E-state index is 0.409. The second kappa shape index (κ2) is 4.95. The van der Waals surface area contributed by atoms with Crippen molar-refractivity contribution in [3.8, 4) is 11.9 Å². The Morgan fingerprint density at radius 1 is 1.35 bits per heavy atom. The third-order valence-corrected chi connectivity index (χ3v) is 1.67. The summed E-state index contributed by atoms with van der Waals surface area (Å²) in [6.45, 7) is 0. The van der Waals surface area contributed by atoms with Gasteiger partial charge in [0, 0.05) is 6.20 Å². The number of nitrogens with zero attached hydrogens (tertiary/aromatic N) is 2. The van der Waals surface area contributed by atoms with Crippen LogP contribution in [-0.4, -0.2) is 23.7 Å². The van der Waals surface area contributed by atoms with Gasteiger partial charge in [-0.25, -0.2) is 18.2 Å². The molecular formula is C9H5F5N2O. The zero-order valence-electron chi connectivity index (χ0n) is 8.08. The lowest BCUT2D eigenvalue weighted by molar-refractivity contribution is -0.246. The first-order valence-corrected chi connectivity index (χ1v) is 4.22. The van der Waals surface area contributed by atoms with E-state index in [4.69, 9.17) is 5.26 Å². The molecule has 0 aromatic carbocycles. The van der Waals surface area contributed by atoms with E-state index in [0.29, 0.717) is 0 Å². The zero-order valence-corrected chi connectivity index (χ0v) is 8.08. The SMILES string of the molecule is N#Cc1cccnc1OC(F)(F)C(F)C(F)F. The van der Waals surface area contributed by atoms with Crippen LogP contribution >= 0.6 is 0 Å². The first kappa shape index (κ1) is 13.2. The van der Waals surface area contributed by atoms with Gasteiger partial charge in [-0.3, -0.25) is 0 Å². The number of hydrogen-bond acceptors (Lipinski definition) is 3. The van der Waals surface area contributed by atoms with E-state index in [9.17, 15) is 22.0 Å². The molecule has 92 valence electrons. The third kappa shape index (κ3) is 3.03. The number of halogens is 5. The van der Waals surface area contributed by atoms with Crippen molar-refractivity contribution in [2.24, 2.45) is 0 Å². The van der Waals surface area contributed by atoms with Gasteiger partial charge in [0.05, 0.1) is 0 Å². The van der Waals surface area contributed by atoms with E-state index in [1.165, 1.54) is 12.1 Å². The highest BCUT2D eigenvalue weighted by Crippen LogP contribution is 2.30. The van der Waals surface area contributed by atoms with Crippen molar-refractivity contribution < 1.29 is 26.7 Å². The Balaban J connectivity index is 2.94. The van der Waals surface area contributed by atoms with Crippen molar-refractivity contribution in [1.29, 1.82) is 5.26 Å². The molecular weight excluding hydrogens is 247 g/mol. The van der Waals surface area contributed by atoms with Crippen LogP contribution in [0.2, 0.25) is 0 Å². The molecule has 0 radical (unpaired) electrons. The molecule has 1 rings (SSSR count). The molecule has 0 amide bonds. The molecule has 1 aromatic heterocycles. The molecule has 0 aliphatic heterocycles. The lowest BCUT2D eigenvalue weighted by Gasteiger charge is -2.20. The summed E-state index contributed by atoms with van der Waals surface area (Å²) in [5.41, 5.74) is -0.409. The highest BCUT2D eigenvalue weighted by molar-refractivity contribution is 5.37. The summed E-state index contributed by atoms with van der Waals surface area (Å²) in [6.07, 6.45) is -11.5. The molecule has 1 unspecified atom stereocenters. The first-order chi connectivity index (χ1) is 7.88. The molecule has 0 fully saturated rings. The van der Waals surface area contributed by atoms with E-state index in [0.717, 1.165) is 12.3 Å². The minimum atomic E-state index is -4.76. The van der Waals surface area contributed by atoms with Crippen LogP contribution in [0.25, 0.3) is 0 Å². The first-order valence-electron chi connectivity index (χ1n) is 4.22. The maximum atomic E-state index is 12.8. The fourth-order valence-electron chi connectivity index (χ4n) is 0.889. The summed E-state index contributed by atoms with van der Waals surface area (Å²) >= 11 is 0. The van der Waals surface area contributed by atoms with Crippen molar-refractivity contribution >= 4 is 0 Å². The molecule has 0 N–H and O–H groups in total. The topological polar surface area (TPSA) is 45.9 Å². The summed E-state index contributed by atoms with van der Waals surface area (Å²) in [5, 5.41) is 8.51. The van der Waals surface area contributed by atoms with Gasteiger partial charge in [-0.05, 0) is 12.1 Å². The largest absolute Gasteiger partial charge is 0.436 e. The van der Waals surface area contributed by atoms with Crippen molar-refractivity contribution in [3.63, 3.8) is 0 Å². The van der Waals surface area contributed by atoms with E-state index in [2.05, 4.69) is 9.72 Å². The van der Waals surface area contributed by atoms with Crippen LogP contribution in [0.5, 0.6) is 5.88 Å². The third-order valence-electron chi connectivity index (χ3n) is 1.67. The highest BCUT2D eigenvalue weighted by atomic mass is 19.3. The lowest BCUT2D eigenvalue weighted by atomic mass is 10.3. The average molecular weight is 252 g/mol. The van der Waals surface area contributed by atoms with E-state index >= 15 is 0 Å². The van der Waals surface area contributed by atoms with E-state index in [-0.39, 0.29) is 0 Å². The van der Waals surface area contributed by atoms with Gasteiger partial charge in [-0.1, -0.05) is 0 Å². The van der Waals surface area contributed by atoms with Gasteiger partial charge in [0.2, 0.25) is 5.88 Å². The van der Waals surface area contributed by atoms with Crippen LogP contribution in [0, 0.1) is 11.3 Å². The summed E-state index contributed by atoms with van der Waals surface area (Å²) in [5.74, 6) is -0.900. The van der Waals surface area contributed by atoms with Crippen molar-refractivity contribution in [1.82, 2.24) is 4.98 Å². The van der Waals surface area contributed by atoms with E-state index in [1.54, 1.807) is 0 Å². The molecule has 1 heterocycles. The summed E-state index contributed by atoms with van der Waals surface area (Å²) in [6, 6.07) is 3.79. The number of nitriles is 1. The van der Waals surface area contributed by atoms with Gasteiger partial charge in [0.15, 0.2) is 0 Å². The molecule has 0 saturated carbocycles. The molecule has 17 heavy (non-hydrogen) atoms. The van der Waals surface area contributed by atoms with Crippen molar-refractivity contribution in [3.05, 3.63) is 23.9 Å². The number of hydrogen-bond donors (Lipinski definition) is 0. The van der Waals surface area contributed by atoms with Crippen LogP contribution in [0.3, 0.4) is 0 Å². The molecule has 8 heteroatoms. The molecule has 0 aliphatic rings. The van der Waals surface area contributed by atoms with Gasteiger partial charge < -0.3 is 4.74 Å². The second-order valence-corrected chi connectivity index (χ2v) is 2.87. The number of ether oxygens (including phenoxy) is 1. The molecule has 0 aliphatic carbocycles. The normalized spacial score (nSPS) is 13.2. The number of pyridine rings is 1. The van der Waals surface area contributed by atoms with Crippen LogP contribution in [0.15, 0.2) is 18.3 Å². The summed E-state index contributed by atoms with van der Waals surface area (Å²) < 4.78 is 65.5. The Bertz CT molecular complexity index is 432. The van der Waals surface area contributed by atoms with Crippen LogP contribution in [0.4, 0.5) is 22.0 Å². The van der Waals surface area contributed by atoms with Gasteiger partial charge in [0.1, 0.15) is 11.6 Å². The van der Waals surface area contributed by atoms with Gasteiger partial charge in [-0.15, -0.1) is 0 Å². The Morgan fingerprint density at radius 3 is 2.53 bits per heavy atom. The molecule has 0 saturated heterocycles. The second-order valence-electron chi connectivity index (χ2n) is 2.87. The molecule has 0 bridgehead atoms. The summed E-state index contributed by atoms with van der Waals surface area (Å²) in [4.78, 5) is 3.24. The predicted octanol–water partition coefficient (Wildman–Crippen LogP) is 2.53. The van der Waals surface area contributed by atoms with Crippen molar-refractivity contribution in [2.75, 3.05) is 0 Å². The zero-order chi connectivity index (χ0) is 13.1. The Kier molecular flexibility index (Phi) is 3.83. The fourth-order valence-corrected chi connectivity index (χ4v) is 0.889. The Morgan fingerprint density at radius 2 is 2.00 bits per heavy atom. The highest BCUT2D eigenvalue weighted by Gasteiger charge is 2.49. The van der Waals surface area contributed by atoms with E-state index in [1.807, 2.05) is 0 Å². The van der Waals surface area contributed by atoms with Crippen LogP contribution in [0.1, 0.15) is 5.56 Å². The minimum Gasteiger partial charge on any atom is -0.411 e. The Labute approximate surface area is 92.4 Å².